The Bertz CT molecular complexity index is 5480. The Labute approximate surface area is 485 Å². The Kier molecular flexibility index (Phi) is 11.7. The molecule has 10 aromatic carbocycles. The summed E-state index contributed by atoms with van der Waals surface area (Å²) in [7, 11) is 0. The fraction of sp³-hybridized carbons (Fsp3) is 0.0526. The minimum atomic E-state index is 0.603. The second-order valence-corrected chi connectivity index (χ2v) is 21.9. The molecule has 0 amide bonds. The van der Waals surface area contributed by atoms with E-state index in [1.807, 2.05) is 49.1 Å². The van der Waals surface area contributed by atoms with Gasteiger partial charge in [-0.15, -0.1) is 0 Å². The highest BCUT2D eigenvalue weighted by molar-refractivity contribution is 6.14. The number of rotatable bonds is 6. The van der Waals surface area contributed by atoms with Crippen molar-refractivity contribution >= 4 is 98.6 Å². The van der Waals surface area contributed by atoms with Gasteiger partial charge in [0.2, 0.25) is 0 Å². The number of nitrogens with zero attached hydrogens (tertiary/aromatic N) is 8. The molecule has 0 spiro atoms. The summed E-state index contributed by atoms with van der Waals surface area (Å²) in [6.07, 6.45) is 7.62. The standard InChI is InChI=1S/2C38H26N4/c1-24-12-16-35-31(20-24)27-8-4-6-10-33(27)41(35)37-22-26(39-3)14-15-29(37)30-18-19-40-23-38(30)42-34-11-7-5-9-28(34)32-21-25(2)13-17-36(32)42;1-24-12-15-35-30(20-24)27-8-4-6-10-33(27)41(35)37-17-14-26(39-3)22-32(37)29-18-19-40-23-38(29)42-34-11-7-5-9-28(34)31-21-25(2)13-16-36(31)42/h2*4-23H,1-2H3. The van der Waals surface area contributed by atoms with E-state index < -0.39 is 0 Å². The van der Waals surface area contributed by atoms with Gasteiger partial charge in [-0.1, -0.05) is 138 Å². The predicted molar refractivity (Wildman–Crippen MR) is 348 cm³/mol. The maximum Gasteiger partial charge on any atom is 0.189 e. The number of para-hydroxylation sites is 4. The molecule has 6 aromatic heterocycles. The van der Waals surface area contributed by atoms with Crippen LogP contribution in [0.2, 0.25) is 0 Å². The van der Waals surface area contributed by atoms with E-state index in [0.29, 0.717) is 11.4 Å². The minimum absolute atomic E-state index is 0.603. The molecular formula is C76H52N8. The molecule has 16 rings (SSSR count). The first kappa shape index (κ1) is 49.7. The van der Waals surface area contributed by atoms with Crippen molar-refractivity contribution in [2.45, 2.75) is 27.7 Å². The molecule has 0 fully saturated rings. The zero-order chi connectivity index (χ0) is 56.7. The van der Waals surface area contributed by atoms with Crippen molar-refractivity contribution in [1.29, 1.82) is 0 Å². The van der Waals surface area contributed by atoms with E-state index in [1.165, 1.54) is 65.3 Å². The molecule has 0 N–H and O–H groups in total. The molecular weight excluding hydrogens is 1020 g/mol. The van der Waals surface area contributed by atoms with E-state index >= 15 is 0 Å². The number of pyridine rings is 2. The molecule has 0 radical (unpaired) electrons. The normalized spacial score (nSPS) is 11.5. The highest BCUT2D eigenvalue weighted by Crippen LogP contribution is 2.45. The van der Waals surface area contributed by atoms with Crippen molar-refractivity contribution in [2.75, 3.05) is 0 Å². The molecule has 0 aliphatic carbocycles. The summed E-state index contributed by atoms with van der Waals surface area (Å²) < 4.78 is 9.30. The van der Waals surface area contributed by atoms with Crippen LogP contribution in [-0.2, 0) is 0 Å². The Balaban J connectivity index is 0.000000143. The third-order valence-electron chi connectivity index (χ3n) is 16.7. The number of aryl methyl sites for hydroxylation is 4. The number of hydrogen-bond acceptors (Lipinski definition) is 2. The fourth-order valence-corrected chi connectivity index (χ4v) is 13.0. The maximum absolute atomic E-state index is 7.86. The van der Waals surface area contributed by atoms with Gasteiger partial charge in [0.05, 0.1) is 86.7 Å². The molecule has 0 saturated heterocycles. The molecule has 396 valence electrons. The van der Waals surface area contributed by atoms with Crippen LogP contribution in [0.15, 0.2) is 243 Å². The summed E-state index contributed by atoms with van der Waals surface area (Å²) in [6.45, 7) is 24.3. The molecule has 0 atom stereocenters. The van der Waals surface area contributed by atoms with Crippen LogP contribution in [0.3, 0.4) is 0 Å². The zero-order valence-corrected chi connectivity index (χ0v) is 46.7. The maximum atomic E-state index is 7.86. The van der Waals surface area contributed by atoms with E-state index in [9.17, 15) is 0 Å². The first-order valence-corrected chi connectivity index (χ1v) is 28.2. The molecule has 0 unspecified atom stereocenters. The number of fused-ring (bicyclic) bond motifs is 12. The predicted octanol–water partition coefficient (Wildman–Crippen LogP) is 20.2. The average Bonchev–Trinajstić information content (AvgIpc) is 1.99. The lowest BCUT2D eigenvalue weighted by Crippen LogP contribution is -2.02. The van der Waals surface area contributed by atoms with Crippen LogP contribution in [0.25, 0.3) is 142 Å². The van der Waals surface area contributed by atoms with Gasteiger partial charge in [0.15, 0.2) is 11.4 Å². The third-order valence-corrected chi connectivity index (χ3v) is 16.7. The van der Waals surface area contributed by atoms with Gasteiger partial charge >= 0.3 is 0 Å². The van der Waals surface area contributed by atoms with E-state index in [4.69, 9.17) is 13.1 Å². The van der Waals surface area contributed by atoms with Crippen LogP contribution in [0.5, 0.6) is 0 Å². The third kappa shape index (κ3) is 7.88. The molecule has 0 saturated carbocycles. The van der Waals surface area contributed by atoms with Crippen molar-refractivity contribution in [3.8, 4) is 45.0 Å². The number of benzene rings is 10. The van der Waals surface area contributed by atoms with Crippen molar-refractivity contribution < 1.29 is 0 Å². The van der Waals surface area contributed by atoms with Gasteiger partial charge in [0.1, 0.15) is 0 Å². The smallest absolute Gasteiger partial charge is 0.189 e. The van der Waals surface area contributed by atoms with Crippen molar-refractivity contribution in [3.63, 3.8) is 0 Å². The Morgan fingerprint density at radius 1 is 0.274 bits per heavy atom. The number of aromatic nitrogens is 6. The first-order chi connectivity index (χ1) is 41.2. The Morgan fingerprint density at radius 3 is 1.00 bits per heavy atom. The second kappa shape index (κ2) is 19.7. The van der Waals surface area contributed by atoms with Gasteiger partial charge in [-0.2, -0.15) is 0 Å². The molecule has 0 aliphatic rings. The summed E-state index contributed by atoms with van der Waals surface area (Å²) in [6, 6.07) is 77.0. The molecule has 84 heavy (non-hydrogen) atoms. The van der Waals surface area contributed by atoms with Crippen LogP contribution in [0.4, 0.5) is 11.4 Å². The molecule has 8 nitrogen and oxygen atoms in total. The van der Waals surface area contributed by atoms with Gasteiger partial charge in [0.25, 0.3) is 0 Å². The van der Waals surface area contributed by atoms with Crippen molar-refractivity contribution in [2.24, 2.45) is 0 Å². The molecule has 8 heteroatoms. The van der Waals surface area contributed by atoms with Gasteiger partial charge in [-0.25, -0.2) is 9.69 Å². The highest BCUT2D eigenvalue weighted by atomic mass is 15.0. The zero-order valence-electron chi connectivity index (χ0n) is 46.7. The Hall–Kier alpha value is -11.3. The minimum Gasteiger partial charge on any atom is -0.310 e. The lowest BCUT2D eigenvalue weighted by atomic mass is 10.0. The summed E-state index contributed by atoms with van der Waals surface area (Å²) in [4.78, 5) is 16.9. The summed E-state index contributed by atoms with van der Waals surface area (Å²) in [5, 5.41) is 9.70. The quantitative estimate of drug-likeness (QED) is 0.156. The lowest BCUT2D eigenvalue weighted by molar-refractivity contribution is 1.13. The second-order valence-electron chi connectivity index (χ2n) is 21.9. The monoisotopic (exact) mass is 1080 g/mol. The summed E-state index contributed by atoms with van der Waals surface area (Å²) >= 11 is 0. The molecule has 0 aliphatic heterocycles. The van der Waals surface area contributed by atoms with Gasteiger partial charge in [-0.3, -0.25) is 9.97 Å². The van der Waals surface area contributed by atoms with Crippen LogP contribution in [0.1, 0.15) is 22.3 Å². The molecule has 6 heterocycles. The summed E-state index contributed by atoms with van der Waals surface area (Å²) in [5.74, 6) is 0. The van der Waals surface area contributed by atoms with E-state index in [-0.39, 0.29) is 0 Å². The van der Waals surface area contributed by atoms with Gasteiger partial charge in [0, 0.05) is 77.9 Å². The van der Waals surface area contributed by atoms with Crippen molar-refractivity contribution in [1.82, 2.24) is 28.2 Å². The van der Waals surface area contributed by atoms with E-state index in [0.717, 1.165) is 89.1 Å². The molecule has 16 aromatic rings. The van der Waals surface area contributed by atoms with Crippen LogP contribution >= 0.6 is 0 Å². The largest absolute Gasteiger partial charge is 0.310 e. The highest BCUT2D eigenvalue weighted by Gasteiger charge is 2.23. The van der Waals surface area contributed by atoms with Crippen molar-refractivity contribution in [3.05, 3.63) is 288 Å². The van der Waals surface area contributed by atoms with E-state index in [1.54, 1.807) is 0 Å². The van der Waals surface area contributed by atoms with Gasteiger partial charge in [-0.05, 0) is 136 Å². The van der Waals surface area contributed by atoms with Crippen LogP contribution in [0, 0.1) is 40.8 Å². The van der Waals surface area contributed by atoms with Crippen LogP contribution in [-0.4, -0.2) is 28.2 Å². The lowest BCUT2D eigenvalue weighted by Gasteiger charge is -2.18. The molecule has 0 bridgehead atoms. The topological polar surface area (TPSA) is 54.2 Å². The Morgan fingerprint density at radius 2 is 0.595 bits per heavy atom. The summed E-state index contributed by atoms with van der Waals surface area (Å²) in [5.41, 5.74) is 23.3. The first-order valence-electron chi connectivity index (χ1n) is 28.2. The van der Waals surface area contributed by atoms with E-state index in [2.05, 4.69) is 260 Å². The van der Waals surface area contributed by atoms with Gasteiger partial charge < -0.3 is 18.3 Å². The average molecular weight is 1080 g/mol. The SMILES string of the molecule is [C-]#[N+]c1ccc(-c2ccncc2-n2c3ccccc3c3cc(C)ccc32)c(-n2c3ccccc3c3cc(C)ccc32)c1.[C-]#[N+]c1ccc(-n2c3ccccc3c3cc(C)ccc32)c(-c2ccncc2-n2c3ccccc3c3cc(C)ccc32)c1. The number of hydrogen-bond donors (Lipinski definition) is 0. The van der Waals surface area contributed by atoms with Crippen LogP contribution < -0.4 is 0 Å². The fourth-order valence-electron chi connectivity index (χ4n) is 13.0.